The molecule has 5 nitrogen and oxygen atoms in total. The second-order valence-corrected chi connectivity index (χ2v) is 5.96. The number of rotatable bonds is 6. The summed E-state index contributed by atoms with van der Waals surface area (Å²) in [6.45, 7) is 0.877. The second kappa shape index (κ2) is 6.83. The van der Waals surface area contributed by atoms with E-state index >= 15 is 0 Å². The lowest BCUT2D eigenvalue weighted by molar-refractivity contribution is 0.137. The average Bonchev–Trinajstić information content (AvgIpc) is 2.58. The van der Waals surface area contributed by atoms with E-state index in [0.29, 0.717) is 24.6 Å². The molecule has 0 saturated carbocycles. The third kappa shape index (κ3) is 3.15. The van der Waals surface area contributed by atoms with Crippen LogP contribution in [0.4, 0.5) is 4.79 Å². The number of hydrogen-bond donors (Lipinski definition) is 1. The SMILES string of the molecule is COc1cc2c(cc1OC)[C@@H](CN(Cc1ccccc1)C(=O)O)C2. The molecule has 0 spiro atoms. The van der Waals surface area contributed by atoms with Gasteiger partial charge in [-0.25, -0.2) is 4.79 Å². The standard InChI is InChI=1S/C19H21NO4/c1-23-17-9-14-8-15(16(14)10-18(17)24-2)12-20(19(21)22)11-13-6-4-3-5-7-13/h3-7,9-10,15H,8,11-12H2,1-2H3,(H,21,22)/t15-/m1/s1. The van der Waals surface area contributed by atoms with Crippen molar-refractivity contribution >= 4 is 6.09 Å². The van der Waals surface area contributed by atoms with Gasteiger partial charge in [-0.2, -0.15) is 0 Å². The number of amides is 1. The van der Waals surface area contributed by atoms with Crippen molar-refractivity contribution in [2.75, 3.05) is 20.8 Å². The maximum Gasteiger partial charge on any atom is 0.407 e. The Morgan fingerprint density at radius 3 is 2.46 bits per heavy atom. The van der Waals surface area contributed by atoms with Gasteiger partial charge in [0.1, 0.15) is 0 Å². The largest absolute Gasteiger partial charge is 0.493 e. The summed E-state index contributed by atoms with van der Waals surface area (Å²) >= 11 is 0. The van der Waals surface area contributed by atoms with Crippen LogP contribution in [0.5, 0.6) is 11.5 Å². The molecule has 126 valence electrons. The van der Waals surface area contributed by atoms with Gasteiger partial charge in [-0.1, -0.05) is 30.3 Å². The Morgan fingerprint density at radius 2 is 1.83 bits per heavy atom. The van der Waals surface area contributed by atoms with E-state index in [-0.39, 0.29) is 5.92 Å². The highest BCUT2D eigenvalue weighted by Crippen LogP contribution is 2.42. The summed E-state index contributed by atoms with van der Waals surface area (Å²) in [7, 11) is 3.23. The summed E-state index contributed by atoms with van der Waals surface area (Å²) in [6.07, 6.45) is -0.0402. The first kappa shape index (κ1) is 16.2. The van der Waals surface area contributed by atoms with Gasteiger partial charge in [-0.05, 0) is 35.2 Å². The van der Waals surface area contributed by atoms with Crippen molar-refractivity contribution in [2.24, 2.45) is 0 Å². The first-order valence-electron chi connectivity index (χ1n) is 7.89. The highest BCUT2D eigenvalue weighted by Gasteiger charge is 2.31. The monoisotopic (exact) mass is 327 g/mol. The van der Waals surface area contributed by atoms with E-state index in [1.807, 2.05) is 42.5 Å². The maximum absolute atomic E-state index is 11.6. The van der Waals surface area contributed by atoms with E-state index in [0.717, 1.165) is 17.5 Å². The topological polar surface area (TPSA) is 59.0 Å². The molecule has 0 fully saturated rings. The molecule has 0 bridgehead atoms. The fourth-order valence-corrected chi connectivity index (χ4v) is 3.18. The predicted octanol–water partition coefficient (Wildman–Crippen LogP) is 3.52. The molecule has 2 aromatic rings. The molecule has 1 N–H and O–H groups in total. The summed E-state index contributed by atoms with van der Waals surface area (Å²) in [6, 6.07) is 13.6. The van der Waals surface area contributed by atoms with Crippen LogP contribution in [0.15, 0.2) is 42.5 Å². The molecule has 3 rings (SSSR count). The van der Waals surface area contributed by atoms with Crippen LogP contribution in [0.1, 0.15) is 22.6 Å². The normalized spacial score (nSPS) is 15.2. The van der Waals surface area contributed by atoms with E-state index in [1.54, 1.807) is 14.2 Å². The molecule has 0 heterocycles. The van der Waals surface area contributed by atoms with Crippen molar-refractivity contribution in [3.8, 4) is 11.5 Å². The Labute approximate surface area is 141 Å². The molecule has 0 unspecified atom stereocenters. The van der Waals surface area contributed by atoms with Crippen LogP contribution in [0.2, 0.25) is 0 Å². The predicted molar refractivity (Wildman–Crippen MR) is 90.9 cm³/mol. The Kier molecular flexibility index (Phi) is 4.60. The van der Waals surface area contributed by atoms with Gasteiger partial charge in [-0.3, -0.25) is 0 Å². The van der Waals surface area contributed by atoms with Crippen LogP contribution < -0.4 is 9.47 Å². The minimum absolute atomic E-state index is 0.194. The summed E-state index contributed by atoms with van der Waals surface area (Å²) < 4.78 is 10.7. The van der Waals surface area contributed by atoms with Crippen LogP contribution in [-0.2, 0) is 13.0 Å². The molecule has 2 aromatic carbocycles. The number of benzene rings is 2. The van der Waals surface area contributed by atoms with Gasteiger partial charge < -0.3 is 19.5 Å². The summed E-state index contributed by atoms with van der Waals surface area (Å²) in [5, 5.41) is 9.52. The lowest BCUT2D eigenvalue weighted by Crippen LogP contribution is -2.36. The number of methoxy groups -OCH3 is 2. The Balaban J connectivity index is 1.74. The van der Waals surface area contributed by atoms with Crippen molar-refractivity contribution in [3.05, 3.63) is 59.2 Å². The Hall–Kier alpha value is -2.69. The van der Waals surface area contributed by atoms with Gasteiger partial charge in [0.2, 0.25) is 0 Å². The highest BCUT2D eigenvalue weighted by molar-refractivity contribution is 5.65. The van der Waals surface area contributed by atoms with Gasteiger partial charge in [-0.15, -0.1) is 0 Å². The van der Waals surface area contributed by atoms with Gasteiger partial charge in [0, 0.05) is 19.0 Å². The van der Waals surface area contributed by atoms with Gasteiger partial charge in [0.25, 0.3) is 0 Å². The number of nitrogens with zero attached hydrogens (tertiary/aromatic N) is 1. The smallest absolute Gasteiger partial charge is 0.407 e. The molecular weight excluding hydrogens is 306 g/mol. The number of ether oxygens (including phenoxy) is 2. The summed E-state index contributed by atoms with van der Waals surface area (Å²) in [5.41, 5.74) is 3.33. The van der Waals surface area contributed by atoms with Crippen LogP contribution >= 0.6 is 0 Å². The molecule has 1 aliphatic carbocycles. The van der Waals surface area contributed by atoms with Crippen molar-refractivity contribution in [3.63, 3.8) is 0 Å². The van der Waals surface area contributed by atoms with Crippen LogP contribution in [0.25, 0.3) is 0 Å². The number of carboxylic acid groups (broad SMARTS) is 1. The van der Waals surface area contributed by atoms with E-state index in [2.05, 4.69) is 0 Å². The quantitative estimate of drug-likeness (QED) is 0.882. The lowest BCUT2D eigenvalue weighted by atomic mass is 9.77. The summed E-state index contributed by atoms with van der Waals surface area (Å²) in [4.78, 5) is 13.1. The van der Waals surface area contributed by atoms with Gasteiger partial charge in [0.05, 0.1) is 14.2 Å². The molecule has 0 aromatic heterocycles. The number of fused-ring (bicyclic) bond motifs is 1. The Morgan fingerprint density at radius 1 is 1.17 bits per heavy atom. The zero-order valence-electron chi connectivity index (χ0n) is 13.9. The van der Waals surface area contributed by atoms with Crippen molar-refractivity contribution in [1.82, 2.24) is 4.90 Å². The zero-order chi connectivity index (χ0) is 17.1. The minimum atomic E-state index is -0.896. The molecule has 0 radical (unpaired) electrons. The molecule has 0 saturated heterocycles. The molecule has 0 aliphatic heterocycles. The lowest BCUT2D eigenvalue weighted by Gasteiger charge is -2.34. The minimum Gasteiger partial charge on any atom is -0.493 e. The van der Waals surface area contributed by atoms with Crippen LogP contribution in [0, 0.1) is 0 Å². The molecule has 1 atom stereocenters. The first-order valence-corrected chi connectivity index (χ1v) is 7.89. The van der Waals surface area contributed by atoms with E-state index in [4.69, 9.17) is 9.47 Å². The van der Waals surface area contributed by atoms with Crippen LogP contribution in [-0.4, -0.2) is 36.9 Å². The first-order chi connectivity index (χ1) is 11.6. The van der Waals surface area contributed by atoms with Crippen molar-refractivity contribution in [2.45, 2.75) is 18.9 Å². The fourth-order valence-electron chi connectivity index (χ4n) is 3.18. The van der Waals surface area contributed by atoms with Crippen molar-refractivity contribution < 1.29 is 19.4 Å². The third-order valence-electron chi connectivity index (χ3n) is 4.48. The molecule has 1 amide bonds. The van der Waals surface area contributed by atoms with E-state index in [9.17, 15) is 9.90 Å². The average molecular weight is 327 g/mol. The van der Waals surface area contributed by atoms with E-state index < -0.39 is 6.09 Å². The second-order valence-electron chi connectivity index (χ2n) is 5.96. The van der Waals surface area contributed by atoms with Crippen molar-refractivity contribution in [1.29, 1.82) is 0 Å². The molecule has 5 heteroatoms. The summed E-state index contributed by atoms with van der Waals surface area (Å²) in [5.74, 6) is 1.60. The molecular formula is C19H21NO4. The number of carbonyl (C=O) groups is 1. The number of hydrogen-bond acceptors (Lipinski definition) is 3. The Bertz CT molecular complexity index is 730. The maximum atomic E-state index is 11.6. The van der Waals surface area contributed by atoms with E-state index in [1.165, 1.54) is 10.5 Å². The highest BCUT2D eigenvalue weighted by atomic mass is 16.5. The zero-order valence-corrected chi connectivity index (χ0v) is 13.9. The van der Waals surface area contributed by atoms with Gasteiger partial charge >= 0.3 is 6.09 Å². The fraction of sp³-hybridized carbons (Fsp3) is 0.316. The molecule has 1 aliphatic rings. The van der Waals surface area contributed by atoms with Gasteiger partial charge in [0.15, 0.2) is 11.5 Å². The third-order valence-corrected chi connectivity index (χ3v) is 4.48. The molecule has 24 heavy (non-hydrogen) atoms. The van der Waals surface area contributed by atoms with Crippen LogP contribution in [0.3, 0.4) is 0 Å².